The van der Waals surface area contributed by atoms with E-state index in [2.05, 4.69) is 19.2 Å². The van der Waals surface area contributed by atoms with Gasteiger partial charge in [0.25, 0.3) is 5.91 Å². The molecule has 0 bridgehead atoms. The average Bonchev–Trinajstić information content (AvgIpc) is 3.02. The highest BCUT2D eigenvalue weighted by atomic mass is 32.1. The maximum absolute atomic E-state index is 12.2. The van der Waals surface area contributed by atoms with Crippen molar-refractivity contribution in [2.45, 2.75) is 39.5 Å². The summed E-state index contributed by atoms with van der Waals surface area (Å²) in [6.45, 7) is 5.17. The van der Waals surface area contributed by atoms with Crippen molar-refractivity contribution in [2.75, 3.05) is 18.1 Å². The number of benzene rings is 1. The van der Waals surface area contributed by atoms with Gasteiger partial charge < -0.3 is 9.64 Å². The molecule has 0 saturated carbocycles. The van der Waals surface area contributed by atoms with Gasteiger partial charge in [0.15, 0.2) is 6.61 Å². The Kier molecular flexibility index (Phi) is 4.96. The number of ether oxygens (including phenoxy) is 1. The van der Waals surface area contributed by atoms with Crippen molar-refractivity contribution in [2.24, 2.45) is 0 Å². The predicted molar refractivity (Wildman–Crippen MR) is 94.3 cm³/mol. The third-order valence-corrected chi connectivity index (χ3v) is 4.86. The van der Waals surface area contributed by atoms with Gasteiger partial charge >= 0.3 is 0 Å². The molecule has 5 heteroatoms. The standard InChI is InChI=1S/C18H22N2O2S/c1-3-5-9-20-15-10-13(7-8-16(15)22-11-18(20)21)14-12-23-17(19-14)6-4-2/h7-8,10,12H,3-6,9,11H2,1-2H3. The fraction of sp³-hybridized carbons (Fsp3) is 0.444. The van der Waals surface area contributed by atoms with Gasteiger partial charge in [-0.05, 0) is 37.5 Å². The molecule has 0 atom stereocenters. The van der Waals surface area contributed by atoms with Gasteiger partial charge in [0.05, 0.1) is 16.4 Å². The molecule has 0 saturated heterocycles. The zero-order valence-corrected chi connectivity index (χ0v) is 14.5. The van der Waals surface area contributed by atoms with Crippen LogP contribution < -0.4 is 9.64 Å². The largest absolute Gasteiger partial charge is 0.482 e. The zero-order valence-electron chi connectivity index (χ0n) is 13.7. The SMILES string of the molecule is CCCCN1C(=O)COc2ccc(-c3csc(CCC)n3)cc21. The van der Waals surface area contributed by atoms with Crippen LogP contribution in [0.1, 0.15) is 38.1 Å². The van der Waals surface area contributed by atoms with Gasteiger partial charge in [-0.15, -0.1) is 11.3 Å². The van der Waals surface area contributed by atoms with Gasteiger partial charge in [0.1, 0.15) is 5.75 Å². The Bertz CT molecular complexity index is 696. The van der Waals surface area contributed by atoms with Crippen LogP contribution in [0.15, 0.2) is 23.6 Å². The van der Waals surface area contributed by atoms with Crippen LogP contribution >= 0.6 is 11.3 Å². The van der Waals surface area contributed by atoms with Gasteiger partial charge in [-0.3, -0.25) is 4.79 Å². The third kappa shape index (κ3) is 3.39. The molecule has 1 aliphatic rings. The van der Waals surface area contributed by atoms with Crippen LogP contribution in [0.25, 0.3) is 11.3 Å². The van der Waals surface area contributed by atoms with Gasteiger partial charge in [-0.1, -0.05) is 20.3 Å². The number of rotatable bonds is 6. The first-order valence-electron chi connectivity index (χ1n) is 8.25. The van der Waals surface area contributed by atoms with Gasteiger partial charge in [-0.2, -0.15) is 0 Å². The third-order valence-electron chi connectivity index (χ3n) is 3.95. The second-order valence-corrected chi connectivity index (χ2v) is 6.69. The molecule has 0 spiro atoms. The summed E-state index contributed by atoms with van der Waals surface area (Å²) >= 11 is 1.70. The van der Waals surface area contributed by atoms with Crippen molar-refractivity contribution in [1.29, 1.82) is 0 Å². The Hall–Kier alpha value is -1.88. The minimum absolute atomic E-state index is 0.0352. The van der Waals surface area contributed by atoms with E-state index in [9.17, 15) is 4.79 Å². The van der Waals surface area contributed by atoms with Crippen molar-refractivity contribution >= 4 is 22.9 Å². The van der Waals surface area contributed by atoms with Crippen LogP contribution in [0.2, 0.25) is 0 Å². The molecule has 122 valence electrons. The monoisotopic (exact) mass is 330 g/mol. The number of aryl methyl sites for hydroxylation is 1. The van der Waals surface area contributed by atoms with Crippen LogP contribution in [0.5, 0.6) is 5.75 Å². The molecule has 0 fully saturated rings. The lowest BCUT2D eigenvalue weighted by molar-refractivity contribution is -0.121. The van der Waals surface area contributed by atoms with Gasteiger partial charge in [-0.25, -0.2) is 4.98 Å². The molecule has 0 N–H and O–H groups in total. The number of anilines is 1. The highest BCUT2D eigenvalue weighted by Crippen LogP contribution is 2.36. The number of nitrogens with zero attached hydrogens (tertiary/aromatic N) is 2. The number of hydrogen-bond acceptors (Lipinski definition) is 4. The first-order valence-corrected chi connectivity index (χ1v) is 9.13. The molecule has 3 rings (SSSR count). The number of carbonyl (C=O) groups is 1. The highest BCUT2D eigenvalue weighted by Gasteiger charge is 2.25. The number of thiazole rings is 1. The van der Waals surface area contributed by atoms with Crippen LogP contribution in [0, 0.1) is 0 Å². The Labute approximate surface area is 141 Å². The van der Waals surface area contributed by atoms with Crippen LogP contribution in [-0.4, -0.2) is 24.0 Å². The number of amides is 1. The molecule has 2 heterocycles. The average molecular weight is 330 g/mol. The molecule has 2 aromatic rings. The molecule has 1 aromatic carbocycles. The minimum Gasteiger partial charge on any atom is -0.482 e. The van der Waals surface area contributed by atoms with E-state index in [1.54, 1.807) is 11.3 Å². The molecule has 0 radical (unpaired) electrons. The van der Waals surface area contributed by atoms with Crippen molar-refractivity contribution in [1.82, 2.24) is 4.98 Å². The minimum atomic E-state index is 0.0352. The zero-order chi connectivity index (χ0) is 16.2. The first kappa shape index (κ1) is 16.0. The molecule has 23 heavy (non-hydrogen) atoms. The second-order valence-electron chi connectivity index (χ2n) is 5.75. The molecule has 0 aliphatic carbocycles. The van der Waals surface area contributed by atoms with E-state index in [-0.39, 0.29) is 12.5 Å². The van der Waals surface area contributed by atoms with E-state index >= 15 is 0 Å². The summed E-state index contributed by atoms with van der Waals surface area (Å²) in [7, 11) is 0. The normalized spacial score (nSPS) is 13.8. The molecule has 4 nitrogen and oxygen atoms in total. The fourth-order valence-corrected chi connectivity index (χ4v) is 3.60. The van der Waals surface area contributed by atoms with E-state index in [0.717, 1.165) is 59.9 Å². The maximum Gasteiger partial charge on any atom is 0.265 e. The summed E-state index contributed by atoms with van der Waals surface area (Å²) in [6, 6.07) is 6.01. The number of aromatic nitrogens is 1. The van der Waals surface area contributed by atoms with Crippen molar-refractivity contribution in [3.8, 4) is 17.0 Å². The van der Waals surface area contributed by atoms with Gasteiger partial charge in [0.2, 0.25) is 0 Å². The van der Waals surface area contributed by atoms with E-state index < -0.39 is 0 Å². The maximum atomic E-state index is 12.2. The Morgan fingerprint density at radius 2 is 2.17 bits per heavy atom. The second kappa shape index (κ2) is 7.13. The lowest BCUT2D eigenvalue weighted by Gasteiger charge is -2.29. The molecule has 1 aromatic heterocycles. The highest BCUT2D eigenvalue weighted by molar-refractivity contribution is 7.09. The Balaban J connectivity index is 1.92. The molecule has 1 amide bonds. The van der Waals surface area contributed by atoms with Crippen molar-refractivity contribution in [3.63, 3.8) is 0 Å². The summed E-state index contributed by atoms with van der Waals surface area (Å²) in [6.07, 6.45) is 4.17. The first-order chi connectivity index (χ1) is 11.2. The lowest BCUT2D eigenvalue weighted by Crippen LogP contribution is -2.39. The van der Waals surface area contributed by atoms with Crippen LogP contribution in [0.3, 0.4) is 0 Å². The summed E-state index contributed by atoms with van der Waals surface area (Å²) < 4.78 is 5.57. The number of carbonyl (C=O) groups excluding carboxylic acids is 1. The summed E-state index contributed by atoms with van der Waals surface area (Å²) in [5, 5.41) is 3.25. The Morgan fingerprint density at radius 3 is 2.96 bits per heavy atom. The van der Waals surface area contributed by atoms with E-state index in [1.807, 2.05) is 23.1 Å². The van der Waals surface area contributed by atoms with E-state index in [1.165, 1.54) is 0 Å². The van der Waals surface area contributed by atoms with Crippen molar-refractivity contribution in [3.05, 3.63) is 28.6 Å². The number of fused-ring (bicyclic) bond motifs is 1. The van der Waals surface area contributed by atoms with E-state index in [0.29, 0.717) is 0 Å². The number of unbranched alkanes of at least 4 members (excludes halogenated alkanes) is 1. The van der Waals surface area contributed by atoms with Gasteiger partial charge in [0, 0.05) is 17.5 Å². The summed E-state index contributed by atoms with van der Waals surface area (Å²) in [4.78, 5) is 18.7. The predicted octanol–water partition coefficient (Wildman–Crippen LogP) is 4.29. The summed E-state index contributed by atoms with van der Waals surface area (Å²) in [5.74, 6) is 0.821. The van der Waals surface area contributed by atoms with E-state index in [4.69, 9.17) is 9.72 Å². The van der Waals surface area contributed by atoms with Crippen molar-refractivity contribution < 1.29 is 9.53 Å². The molecule has 0 unspecified atom stereocenters. The fourth-order valence-electron chi connectivity index (χ4n) is 2.69. The quantitative estimate of drug-likeness (QED) is 0.793. The molecular weight excluding hydrogens is 308 g/mol. The van der Waals surface area contributed by atoms with Crippen LogP contribution in [-0.2, 0) is 11.2 Å². The summed E-state index contributed by atoms with van der Waals surface area (Å²) in [5.41, 5.74) is 2.90. The smallest absolute Gasteiger partial charge is 0.265 e. The van der Waals surface area contributed by atoms with Crippen LogP contribution in [0.4, 0.5) is 5.69 Å². The molecular formula is C18H22N2O2S. The lowest BCUT2D eigenvalue weighted by atomic mass is 10.1. The molecule has 1 aliphatic heterocycles. The Morgan fingerprint density at radius 1 is 1.30 bits per heavy atom. The number of hydrogen-bond donors (Lipinski definition) is 0. The topological polar surface area (TPSA) is 42.4 Å².